The van der Waals surface area contributed by atoms with Crippen LogP contribution in [-0.2, 0) is 14.8 Å². The maximum atomic E-state index is 13.4. The van der Waals surface area contributed by atoms with Crippen molar-refractivity contribution in [2.24, 2.45) is 0 Å². The number of nitrogens with one attached hydrogen (secondary N) is 1. The van der Waals surface area contributed by atoms with Crippen molar-refractivity contribution >= 4 is 15.9 Å². The Labute approximate surface area is 174 Å². The Morgan fingerprint density at radius 1 is 1.20 bits per heavy atom. The summed E-state index contributed by atoms with van der Waals surface area (Å²) in [5, 5.41) is 6.91. The molecular formula is C20H24FN3O5S. The molecule has 0 spiro atoms. The lowest BCUT2D eigenvalue weighted by Crippen LogP contribution is -2.40. The zero-order chi connectivity index (χ0) is 21.1. The molecule has 162 valence electrons. The van der Waals surface area contributed by atoms with Gasteiger partial charge in [0.25, 0.3) is 5.91 Å². The molecule has 2 fully saturated rings. The highest BCUT2D eigenvalue weighted by atomic mass is 32.2. The normalized spacial score (nSPS) is 21.4. The van der Waals surface area contributed by atoms with Crippen LogP contribution in [0.15, 0.2) is 39.8 Å². The highest BCUT2D eigenvalue weighted by molar-refractivity contribution is 7.89. The van der Waals surface area contributed by atoms with E-state index >= 15 is 0 Å². The van der Waals surface area contributed by atoms with Crippen LogP contribution in [0, 0.1) is 5.82 Å². The van der Waals surface area contributed by atoms with E-state index in [1.54, 1.807) is 6.07 Å². The lowest BCUT2D eigenvalue weighted by atomic mass is 9.94. The minimum atomic E-state index is -3.74. The summed E-state index contributed by atoms with van der Waals surface area (Å²) in [6, 6.07) is 6.61. The molecule has 0 unspecified atom stereocenters. The van der Waals surface area contributed by atoms with Crippen molar-refractivity contribution < 1.29 is 26.9 Å². The zero-order valence-corrected chi connectivity index (χ0v) is 17.2. The van der Waals surface area contributed by atoms with Gasteiger partial charge >= 0.3 is 0 Å². The van der Waals surface area contributed by atoms with E-state index < -0.39 is 15.8 Å². The number of carbonyl (C=O) groups is 1. The first-order chi connectivity index (χ1) is 14.4. The fourth-order valence-electron chi connectivity index (χ4n) is 3.87. The van der Waals surface area contributed by atoms with Crippen molar-refractivity contribution in [3.05, 3.63) is 47.6 Å². The first-order valence-corrected chi connectivity index (χ1v) is 11.5. The molecule has 8 nitrogen and oxygen atoms in total. The van der Waals surface area contributed by atoms with Gasteiger partial charge in [-0.05, 0) is 43.9 Å². The molecule has 4 rings (SSSR count). The molecule has 10 heteroatoms. The minimum absolute atomic E-state index is 0.00715. The van der Waals surface area contributed by atoms with Crippen molar-refractivity contribution in [1.82, 2.24) is 14.8 Å². The Kier molecular flexibility index (Phi) is 6.16. The highest BCUT2D eigenvalue weighted by Gasteiger charge is 2.32. The Bertz CT molecular complexity index is 995. The second-order valence-electron chi connectivity index (χ2n) is 7.64. The average Bonchev–Trinajstić information content (AvgIpc) is 3.25. The summed E-state index contributed by atoms with van der Waals surface area (Å²) in [5.41, 5.74) is 0.642. The molecule has 2 saturated heterocycles. The summed E-state index contributed by atoms with van der Waals surface area (Å²) in [5.74, 6) is -0.771. The number of ether oxygens (including phenoxy) is 1. The number of aromatic nitrogens is 1. The predicted octanol–water partition coefficient (Wildman–Crippen LogP) is 2.29. The van der Waals surface area contributed by atoms with Gasteiger partial charge in [0.15, 0.2) is 0 Å². The first kappa shape index (κ1) is 21.0. The number of piperidine rings is 1. The molecule has 1 atom stereocenters. The van der Waals surface area contributed by atoms with Crippen LogP contribution in [-0.4, -0.2) is 56.1 Å². The molecule has 30 heavy (non-hydrogen) atoms. The van der Waals surface area contributed by atoms with Crippen LogP contribution in [0.1, 0.15) is 47.8 Å². The molecule has 1 amide bonds. The molecule has 2 aliphatic rings. The van der Waals surface area contributed by atoms with Gasteiger partial charge in [0, 0.05) is 31.7 Å². The van der Waals surface area contributed by atoms with Gasteiger partial charge in [-0.1, -0.05) is 11.2 Å². The van der Waals surface area contributed by atoms with E-state index in [0.717, 1.165) is 18.9 Å². The third kappa shape index (κ3) is 4.55. The Morgan fingerprint density at radius 3 is 2.70 bits per heavy atom. The molecule has 0 bridgehead atoms. The van der Waals surface area contributed by atoms with Gasteiger partial charge in [0.2, 0.25) is 15.8 Å². The quantitative estimate of drug-likeness (QED) is 0.770. The van der Waals surface area contributed by atoms with E-state index in [9.17, 15) is 17.6 Å². The van der Waals surface area contributed by atoms with E-state index in [1.165, 1.54) is 22.5 Å². The second-order valence-corrected chi connectivity index (χ2v) is 9.58. The smallest absolute Gasteiger partial charge is 0.290 e. The SMILES string of the molecule is O=C(N[C@H]1CCCOC1)c1cc(C2CCN(S(=O)(=O)c3cccc(F)c3)CC2)no1. The summed E-state index contributed by atoms with van der Waals surface area (Å²) in [6.07, 6.45) is 2.85. The zero-order valence-electron chi connectivity index (χ0n) is 16.4. The van der Waals surface area contributed by atoms with E-state index in [2.05, 4.69) is 10.5 Å². The van der Waals surface area contributed by atoms with Crippen LogP contribution < -0.4 is 5.32 Å². The summed E-state index contributed by atoms with van der Waals surface area (Å²) < 4.78 is 50.8. The molecule has 1 N–H and O–H groups in total. The number of sulfonamides is 1. The van der Waals surface area contributed by atoms with Crippen LogP contribution >= 0.6 is 0 Å². The van der Waals surface area contributed by atoms with E-state index in [-0.39, 0.29) is 41.6 Å². The van der Waals surface area contributed by atoms with Crippen LogP contribution in [0.5, 0.6) is 0 Å². The summed E-state index contributed by atoms with van der Waals surface area (Å²) in [6.45, 7) is 1.78. The first-order valence-electron chi connectivity index (χ1n) is 10.0. The fraction of sp³-hybridized carbons (Fsp3) is 0.500. The van der Waals surface area contributed by atoms with Crippen LogP contribution in [0.25, 0.3) is 0 Å². The number of hydrogen-bond acceptors (Lipinski definition) is 6. The lowest BCUT2D eigenvalue weighted by molar-refractivity contribution is 0.0608. The monoisotopic (exact) mass is 437 g/mol. The number of carbonyl (C=O) groups excluding carboxylic acids is 1. The summed E-state index contributed by atoms with van der Waals surface area (Å²) in [7, 11) is -3.74. The van der Waals surface area contributed by atoms with Crippen LogP contribution in [0.3, 0.4) is 0 Å². The third-order valence-corrected chi connectivity index (χ3v) is 7.45. The van der Waals surface area contributed by atoms with Gasteiger partial charge < -0.3 is 14.6 Å². The van der Waals surface area contributed by atoms with Crippen molar-refractivity contribution in [3.8, 4) is 0 Å². The molecule has 0 aliphatic carbocycles. The van der Waals surface area contributed by atoms with Crippen molar-refractivity contribution in [1.29, 1.82) is 0 Å². The lowest BCUT2D eigenvalue weighted by Gasteiger charge is -2.30. The van der Waals surface area contributed by atoms with Crippen molar-refractivity contribution in [3.63, 3.8) is 0 Å². The maximum Gasteiger partial charge on any atom is 0.290 e. The Hall–Kier alpha value is -2.30. The van der Waals surface area contributed by atoms with E-state index in [0.29, 0.717) is 31.7 Å². The number of hydrogen-bond donors (Lipinski definition) is 1. The van der Waals surface area contributed by atoms with Gasteiger partial charge in [-0.2, -0.15) is 4.31 Å². The van der Waals surface area contributed by atoms with Gasteiger partial charge in [-0.25, -0.2) is 12.8 Å². The molecule has 1 aromatic heterocycles. The number of amides is 1. The standard InChI is InChI=1S/C20H24FN3O5S/c21-15-3-1-5-17(11-15)30(26,27)24-8-6-14(7-9-24)18-12-19(29-23-18)20(25)22-16-4-2-10-28-13-16/h1,3,5,11-12,14,16H,2,4,6-10,13H2,(H,22,25)/t16-/m0/s1. The van der Waals surface area contributed by atoms with Crippen LogP contribution in [0.4, 0.5) is 4.39 Å². The predicted molar refractivity (Wildman–Crippen MR) is 105 cm³/mol. The molecular weight excluding hydrogens is 413 g/mol. The van der Waals surface area contributed by atoms with Gasteiger partial charge in [0.05, 0.1) is 23.2 Å². The molecule has 2 aliphatic heterocycles. The van der Waals surface area contributed by atoms with Crippen molar-refractivity contribution in [2.75, 3.05) is 26.3 Å². The maximum absolute atomic E-state index is 13.4. The third-order valence-electron chi connectivity index (χ3n) is 5.55. The topological polar surface area (TPSA) is 102 Å². The minimum Gasteiger partial charge on any atom is -0.379 e. The van der Waals surface area contributed by atoms with Gasteiger partial charge in [0.1, 0.15) is 5.82 Å². The molecule has 1 aromatic carbocycles. The fourth-order valence-corrected chi connectivity index (χ4v) is 5.37. The number of nitrogens with zero attached hydrogens (tertiary/aromatic N) is 2. The van der Waals surface area contributed by atoms with E-state index in [4.69, 9.17) is 9.26 Å². The number of rotatable bonds is 5. The Morgan fingerprint density at radius 2 is 2.00 bits per heavy atom. The molecule has 2 aromatic rings. The van der Waals surface area contributed by atoms with Gasteiger partial charge in [-0.15, -0.1) is 0 Å². The van der Waals surface area contributed by atoms with Gasteiger partial charge in [-0.3, -0.25) is 4.79 Å². The Balaban J connectivity index is 1.36. The second kappa shape index (κ2) is 8.83. The number of halogens is 1. The average molecular weight is 437 g/mol. The summed E-state index contributed by atoms with van der Waals surface area (Å²) >= 11 is 0. The van der Waals surface area contributed by atoms with Crippen molar-refractivity contribution in [2.45, 2.75) is 42.5 Å². The molecule has 3 heterocycles. The molecule has 0 radical (unpaired) electrons. The number of benzene rings is 1. The highest BCUT2D eigenvalue weighted by Crippen LogP contribution is 2.30. The van der Waals surface area contributed by atoms with Crippen LogP contribution in [0.2, 0.25) is 0 Å². The largest absolute Gasteiger partial charge is 0.379 e. The molecule has 0 saturated carbocycles. The van der Waals surface area contributed by atoms with E-state index in [1.807, 2.05) is 0 Å². The summed E-state index contributed by atoms with van der Waals surface area (Å²) in [4.78, 5) is 12.3.